The molecule has 74 valence electrons. The first-order valence-corrected chi connectivity index (χ1v) is 4.49. The van der Waals surface area contributed by atoms with Gasteiger partial charge in [0.15, 0.2) is 0 Å². The van der Waals surface area contributed by atoms with Gasteiger partial charge in [0.05, 0.1) is 6.10 Å². The minimum absolute atomic E-state index is 0.277. The highest BCUT2D eigenvalue weighted by Crippen LogP contribution is 2.08. The summed E-state index contributed by atoms with van der Waals surface area (Å²) in [6.07, 6.45) is -2.10. The van der Waals surface area contributed by atoms with Crippen molar-refractivity contribution in [3.8, 4) is 6.07 Å². The molecule has 1 aromatic carbocycles. The fourth-order valence-corrected chi connectivity index (χ4v) is 1.19. The normalized spacial score (nSPS) is 14.4. The fourth-order valence-electron chi connectivity index (χ4n) is 1.19. The number of alkyl halides is 1. The van der Waals surface area contributed by atoms with Gasteiger partial charge in [-0.1, -0.05) is 30.3 Å². The number of halogens is 1. The summed E-state index contributed by atoms with van der Waals surface area (Å²) in [4.78, 5) is 0. The van der Waals surface area contributed by atoms with E-state index in [2.05, 4.69) is 0 Å². The lowest BCUT2D eigenvalue weighted by Gasteiger charge is -2.09. The molecule has 1 N–H and O–H groups in total. The summed E-state index contributed by atoms with van der Waals surface area (Å²) >= 11 is 0. The van der Waals surface area contributed by atoms with Crippen LogP contribution in [-0.4, -0.2) is 17.4 Å². The van der Waals surface area contributed by atoms with Crippen molar-refractivity contribution < 1.29 is 9.50 Å². The van der Waals surface area contributed by atoms with Crippen LogP contribution in [0.15, 0.2) is 30.3 Å². The summed E-state index contributed by atoms with van der Waals surface area (Å²) in [6.45, 7) is 0. The number of rotatable bonds is 4. The van der Waals surface area contributed by atoms with Crippen molar-refractivity contribution >= 4 is 0 Å². The van der Waals surface area contributed by atoms with Gasteiger partial charge in [0.2, 0.25) is 6.17 Å². The molecule has 0 amide bonds. The van der Waals surface area contributed by atoms with E-state index < -0.39 is 12.3 Å². The molecule has 0 aliphatic heterocycles. The van der Waals surface area contributed by atoms with Crippen molar-refractivity contribution in [2.75, 3.05) is 0 Å². The summed E-state index contributed by atoms with van der Waals surface area (Å²) in [5.74, 6) is 0. The van der Waals surface area contributed by atoms with Gasteiger partial charge in [-0.15, -0.1) is 0 Å². The molecule has 0 aliphatic carbocycles. The van der Waals surface area contributed by atoms with Gasteiger partial charge in [-0.25, -0.2) is 4.39 Å². The Labute approximate surface area is 82.6 Å². The van der Waals surface area contributed by atoms with E-state index >= 15 is 0 Å². The molecule has 0 aromatic heterocycles. The topological polar surface area (TPSA) is 44.0 Å². The molecule has 0 saturated heterocycles. The average Bonchev–Trinajstić information content (AvgIpc) is 2.26. The number of nitriles is 1. The minimum atomic E-state index is -1.78. The van der Waals surface area contributed by atoms with Gasteiger partial charge in [-0.05, 0) is 18.4 Å². The molecule has 3 heteroatoms. The van der Waals surface area contributed by atoms with Gasteiger partial charge in [0, 0.05) is 0 Å². The Morgan fingerprint density at radius 2 is 2.00 bits per heavy atom. The molecular weight excluding hydrogens is 181 g/mol. The van der Waals surface area contributed by atoms with Crippen LogP contribution in [-0.2, 0) is 6.42 Å². The zero-order valence-electron chi connectivity index (χ0n) is 7.73. The zero-order valence-corrected chi connectivity index (χ0v) is 7.73. The highest BCUT2D eigenvalue weighted by molar-refractivity contribution is 5.14. The van der Waals surface area contributed by atoms with Crippen LogP contribution >= 0.6 is 0 Å². The third-order valence-corrected chi connectivity index (χ3v) is 2.03. The molecular formula is C11H12FNO. The molecule has 1 aromatic rings. The first kappa shape index (κ1) is 10.7. The molecule has 0 bridgehead atoms. The maximum atomic E-state index is 12.6. The predicted octanol–water partition coefficient (Wildman–Crippen LogP) is 1.84. The molecule has 0 spiro atoms. The summed E-state index contributed by atoms with van der Waals surface area (Å²) in [7, 11) is 0. The molecule has 2 nitrogen and oxygen atoms in total. The minimum Gasteiger partial charge on any atom is -0.389 e. The van der Waals surface area contributed by atoms with Gasteiger partial charge in [0.1, 0.15) is 6.07 Å². The molecule has 0 fully saturated rings. The smallest absolute Gasteiger partial charge is 0.211 e. The van der Waals surface area contributed by atoms with E-state index in [0.29, 0.717) is 6.42 Å². The summed E-state index contributed by atoms with van der Waals surface area (Å²) in [6, 6.07) is 10.9. The predicted molar refractivity (Wildman–Crippen MR) is 51.3 cm³/mol. The van der Waals surface area contributed by atoms with Gasteiger partial charge < -0.3 is 5.11 Å². The van der Waals surface area contributed by atoms with Crippen LogP contribution in [0.2, 0.25) is 0 Å². The number of nitrogens with zero attached hydrogens (tertiary/aromatic N) is 1. The zero-order chi connectivity index (χ0) is 10.4. The molecule has 2 atom stereocenters. The molecule has 2 unspecified atom stereocenters. The van der Waals surface area contributed by atoms with Crippen molar-refractivity contribution in [1.82, 2.24) is 0 Å². The first-order chi connectivity index (χ1) is 6.74. The number of aliphatic hydroxyl groups excluding tert-OH is 1. The second-order valence-corrected chi connectivity index (χ2v) is 3.12. The van der Waals surface area contributed by atoms with E-state index in [1.807, 2.05) is 30.3 Å². The van der Waals surface area contributed by atoms with Crippen molar-refractivity contribution in [2.24, 2.45) is 0 Å². The Morgan fingerprint density at radius 3 is 2.57 bits per heavy atom. The van der Waals surface area contributed by atoms with E-state index in [9.17, 15) is 9.50 Å². The van der Waals surface area contributed by atoms with Crippen LogP contribution < -0.4 is 0 Å². The second kappa shape index (κ2) is 5.36. The number of aryl methyl sites for hydroxylation is 1. The number of aliphatic hydroxyl groups is 1. The van der Waals surface area contributed by atoms with Crippen LogP contribution in [0.5, 0.6) is 0 Å². The standard InChI is InChI=1S/C11H12FNO/c12-10(8-13)11(14)7-6-9-4-2-1-3-5-9/h1-5,10-11,14H,6-7H2. The Kier molecular flexibility index (Phi) is 4.09. The van der Waals surface area contributed by atoms with Crippen LogP contribution in [0.3, 0.4) is 0 Å². The van der Waals surface area contributed by atoms with Crippen LogP contribution in [0.1, 0.15) is 12.0 Å². The third-order valence-electron chi connectivity index (χ3n) is 2.03. The quantitative estimate of drug-likeness (QED) is 0.792. The van der Waals surface area contributed by atoms with Crippen LogP contribution in [0.4, 0.5) is 4.39 Å². The van der Waals surface area contributed by atoms with Crippen LogP contribution in [0, 0.1) is 11.3 Å². The van der Waals surface area contributed by atoms with Gasteiger partial charge in [-0.3, -0.25) is 0 Å². The molecule has 0 radical (unpaired) electrons. The molecule has 14 heavy (non-hydrogen) atoms. The largest absolute Gasteiger partial charge is 0.389 e. The van der Waals surface area contributed by atoms with E-state index in [-0.39, 0.29) is 6.42 Å². The lowest BCUT2D eigenvalue weighted by Crippen LogP contribution is -2.20. The summed E-state index contributed by atoms with van der Waals surface area (Å²) < 4.78 is 12.6. The van der Waals surface area contributed by atoms with E-state index in [1.54, 1.807) is 0 Å². The Morgan fingerprint density at radius 1 is 1.36 bits per heavy atom. The molecule has 1 rings (SSSR count). The Balaban J connectivity index is 2.39. The molecule has 0 heterocycles. The maximum absolute atomic E-state index is 12.6. The average molecular weight is 193 g/mol. The molecule has 0 aliphatic rings. The summed E-state index contributed by atoms with van der Waals surface area (Å²) in [5.41, 5.74) is 1.04. The Hall–Kier alpha value is -1.40. The monoisotopic (exact) mass is 193 g/mol. The van der Waals surface area contributed by atoms with Crippen molar-refractivity contribution in [1.29, 1.82) is 5.26 Å². The number of hydrogen-bond donors (Lipinski definition) is 1. The highest BCUT2D eigenvalue weighted by Gasteiger charge is 2.16. The van der Waals surface area contributed by atoms with Crippen molar-refractivity contribution in [2.45, 2.75) is 25.1 Å². The maximum Gasteiger partial charge on any atom is 0.211 e. The SMILES string of the molecule is N#CC(F)C(O)CCc1ccccc1. The lowest BCUT2D eigenvalue weighted by molar-refractivity contribution is 0.0988. The van der Waals surface area contributed by atoms with Crippen LogP contribution in [0.25, 0.3) is 0 Å². The fraction of sp³-hybridized carbons (Fsp3) is 0.364. The van der Waals surface area contributed by atoms with Crippen molar-refractivity contribution in [3.05, 3.63) is 35.9 Å². The van der Waals surface area contributed by atoms with Crippen molar-refractivity contribution in [3.63, 3.8) is 0 Å². The van der Waals surface area contributed by atoms with E-state index in [0.717, 1.165) is 5.56 Å². The Bertz CT molecular complexity index is 307. The lowest BCUT2D eigenvalue weighted by atomic mass is 10.0. The van der Waals surface area contributed by atoms with E-state index in [4.69, 9.17) is 5.26 Å². The second-order valence-electron chi connectivity index (χ2n) is 3.12. The summed E-state index contributed by atoms with van der Waals surface area (Å²) in [5, 5.41) is 17.4. The number of benzene rings is 1. The molecule has 0 saturated carbocycles. The third kappa shape index (κ3) is 3.15. The highest BCUT2D eigenvalue weighted by atomic mass is 19.1. The van der Waals surface area contributed by atoms with Gasteiger partial charge >= 0.3 is 0 Å². The van der Waals surface area contributed by atoms with E-state index in [1.165, 1.54) is 6.07 Å². The first-order valence-electron chi connectivity index (χ1n) is 4.49. The van der Waals surface area contributed by atoms with Gasteiger partial charge in [0.25, 0.3) is 0 Å². The number of hydrogen-bond acceptors (Lipinski definition) is 2. The van der Waals surface area contributed by atoms with Gasteiger partial charge in [-0.2, -0.15) is 5.26 Å².